The van der Waals surface area contributed by atoms with Gasteiger partial charge in [-0.1, -0.05) is 37.1 Å². The van der Waals surface area contributed by atoms with E-state index in [0.717, 1.165) is 12.0 Å². The Kier molecular flexibility index (Phi) is 6.78. The van der Waals surface area contributed by atoms with Crippen LogP contribution >= 0.6 is 0 Å². The van der Waals surface area contributed by atoms with Crippen molar-refractivity contribution in [3.05, 3.63) is 23.8 Å². The average molecular weight is 167 g/mol. The van der Waals surface area contributed by atoms with Crippen molar-refractivity contribution in [1.29, 1.82) is 0 Å². The Morgan fingerprint density at radius 3 is 2.58 bits per heavy atom. The minimum absolute atomic E-state index is 0.705. The molecule has 0 fully saturated rings. The van der Waals surface area contributed by atoms with Gasteiger partial charge in [-0.2, -0.15) is 0 Å². The van der Waals surface area contributed by atoms with Crippen molar-refractivity contribution < 1.29 is 0 Å². The van der Waals surface area contributed by atoms with Gasteiger partial charge in [-0.3, -0.25) is 0 Å². The summed E-state index contributed by atoms with van der Waals surface area (Å²) < 4.78 is 0. The summed E-state index contributed by atoms with van der Waals surface area (Å²) in [5.41, 5.74) is 8.00. The van der Waals surface area contributed by atoms with E-state index in [1.54, 1.807) is 0 Å². The summed E-state index contributed by atoms with van der Waals surface area (Å²) in [7, 11) is 0. The van der Waals surface area contributed by atoms with Crippen molar-refractivity contribution in [3.8, 4) is 0 Å². The smallest absolute Gasteiger partial charge is 0.00369 e. The molecule has 0 aliphatic carbocycles. The zero-order valence-corrected chi connectivity index (χ0v) is 8.40. The Bertz CT molecular complexity index is 156. The molecule has 1 nitrogen and oxygen atoms in total. The van der Waals surface area contributed by atoms with E-state index in [4.69, 9.17) is 5.73 Å². The third-order valence-corrected chi connectivity index (χ3v) is 1.84. The van der Waals surface area contributed by atoms with Gasteiger partial charge in [-0.25, -0.2) is 0 Å². The number of unbranched alkanes of at least 4 members (excludes halogenated alkanes) is 1. The first-order valence-electron chi connectivity index (χ1n) is 4.75. The van der Waals surface area contributed by atoms with Crippen molar-refractivity contribution >= 4 is 0 Å². The molecule has 0 aromatic carbocycles. The molecule has 0 saturated heterocycles. The van der Waals surface area contributed by atoms with Gasteiger partial charge < -0.3 is 5.73 Å². The molecule has 0 aliphatic heterocycles. The van der Waals surface area contributed by atoms with Gasteiger partial charge in [0.05, 0.1) is 0 Å². The second kappa shape index (κ2) is 7.11. The second-order valence-corrected chi connectivity index (χ2v) is 3.29. The molecule has 12 heavy (non-hydrogen) atoms. The maximum atomic E-state index is 5.42. The number of hydrogen-bond acceptors (Lipinski definition) is 1. The van der Waals surface area contributed by atoms with E-state index >= 15 is 0 Å². The summed E-state index contributed by atoms with van der Waals surface area (Å²) >= 11 is 0. The van der Waals surface area contributed by atoms with Crippen LogP contribution < -0.4 is 5.73 Å². The van der Waals surface area contributed by atoms with Gasteiger partial charge in [0, 0.05) is 0 Å². The summed E-state index contributed by atoms with van der Waals surface area (Å²) in [4.78, 5) is 0. The van der Waals surface area contributed by atoms with E-state index < -0.39 is 0 Å². The zero-order chi connectivity index (χ0) is 9.40. The van der Waals surface area contributed by atoms with Gasteiger partial charge in [0.2, 0.25) is 0 Å². The molecule has 70 valence electrons. The number of allylic oxidation sites excluding steroid dienone is 2. The van der Waals surface area contributed by atoms with Crippen molar-refractivity contribution in [1.82, 2.24) is 0 Å². The number of rotatable bonds is 6. The standard InChI is InChI=1S/C11H21N/c1-4-5-6-10(2)9-11(3)7-8-12/h9H,3-8,12H2,1-2H3/b10-9-. The first-order valence-corrected chi connectivity index (χ1v) is 4.75. The lowest BCUT2D eigenvalue weighted by molar-refractivity contribution is 0.785. The molecule has 0 radical (unpaired) electrons. The number of nitrogens with two attached hydrogens (primary N) is 1. The molecule has 0 unspecified atom stereocenters. The monoisotopic (exact) mass is 167 g/mol. The van der Waals surface area contributed by atoms with Gasteiger partial charge in [-0.15, -0.1) is 0 Å². The lowest BCUT2D eigenvalue weighted by Gasteiger charge is -2.01. The van der Waals surface area contributed by atoms with Crippen LogP contribution in [0, 0.1) is 0 Å². The van der Waals surface area contributed by atoms with Crippen LogP contribution in [0.5, 0.6) is 0 Å². The summed E-state index contributed by atoms with van der Waals surface area (Å²) in [6, 6.07) is 0. The molecule has 0 amide bonds. The highest BCUT2D eigenvalue weighted by Crippen LogP contribution is 2.10. The van der Waals surface area contributed by atoms with E-state index in [2.05, 4.69) is 26.5 Å². The summed E-state index contributed by atoms with van der Waals surface area (Å²) in [5, 5.41) is 0. The molecule has 0 aliphatic rings. The summed E-state index contributed by atoms with van der Waals surface area (Å²) in [6.45, 7) is 9.02. The first-order chi connectivity index (χ1) is 5.70. The van der Waals surface area contributed by atoms with Crippen molar-refractivity contribution in [3.63, 3.8) is 0 Å². The van der Waals surface area contributed by atoms with Crippen LogP contribution in [0.2, 0.25) is 0 Å². The minimum atomic E-state index is 0.705. The topological polar surface area (TPSA) is 26.0 Å². The molecule has 0 rings (SSSR count). The third kappa shape index (κ3) is 6.17. The molecule has 1 heteroatoms. The van der Waals surface area contributed by atoms with Gasteiger partial charge in [-0.05, 0) is 32.7 Å². The van der Waals surface area contributed by atoms with Gasteiger partial charge >= 0.3 is 0 Å². The Labute approximate surface area is 76.3 Å². The predicted octanol–water partition coefficient (Wildman–Crippen LogP) is 3.03. The molecule has 0 atom stereocenters. The predicted molar refractivity (Wildman–Crippen MR) is 56.1 cm³/mol. The Morgan fingerprint density at radius 2 is 2.08 bits per heavy atom. The molecule has 0 heterocycles. The van der Waals surface area contributed by atoms with Crippen LogP contribution in [-0.2, 0) is 0 Å². The van der Waals surface area contributed by atoms with E-state index in [9.17, 15) is 0 Å². The molecule has 0 saturated carbocycles. The number of hydrogen-bond donors (Lipinski definition) is 1. The fourth-order valence-electron chi connectivity index (χ4n) is 1.13. The van der Waals surface area contributed by atoms with Crippen molar-refractivity contribution in [2.45, 2.75) is 39.5 Å². The van der Waals surface area contributed by atoms with E-state index in [0.29, 0.717) is 6.54 Å². The Morgan fingerprint density at radius 1 is 1.42 bits per heavy atom. The summed E-state index contributed by atoms with van der Waals surface area (Å²) in [5.74, 6) is 0. The molecular formula is C11H21N. The average Bonchev–Trinajstić information content (AvgIpc) is 2.01. The van der Waals surface area contributed by atoms with Crippen LogP contribution in [0.1, 0.15) is 39.5 Å². The molecule has 0 aromatic heterocycles. The second-order valence-electron chi connectivity index (χ2n) is 3.29. The first kappa shape index (κ1) is 11.4. The highest BCUT2D eigenvalue weighted by molar-refractivity contribution is 5.19. The maximum Gasteiger partial charge on any atom is -0.00369 e. The SMILES string of the molecule is C=C(/C=C(/C)CCCC)CCN. The molecule has 2 N–H and O–H groups in total. The lowest BCUT2D eigenvalue weighted by atomic mass is 10.1. The quantitative estimate of drug-likeness (QED) is 0.605. The Hall–Kier alpha value is -0.560. The van der Waals surface area contributed by atoms with Crippen LogP contribution in [0.25, 0.3) is 0 Å². The molecular weight excluding hydrogens is 146 g/mol. The van der Waals surface area contributed by atoms with Crippen LogP contribution in [-0.4, -0.2) is 6.54 Å². The third-order valence-electron chi connectivity index (χ3n) is 1.84. The van der Waals surface area contributed by atoms with Crippen LogP contribution in [0.3, 0.4) is 0 Å². The molecule has 0 bridgehead atoms. The maximum absolute atomic E-state index is 5.42. The highest BCUT2D eigenvalue weighted by atomic mass is 14.5. The highest BCUT2D eigenvalue weighted by Gasteiger charge is 1.91. The van der Waals surface area contributed by atoms with Gasteiger partial charge in [0.25, 0.3) is 0 Å². The van der Waals surface area contributed by atoms with E-state index in [1.165, 1.54) is 24.8 Å². The van der Waals surface area contributed by atoms with Crippen LogP contribution in [0.15, 0.2) is 23.8 Å². The fourth-order valence-corrected chi connectivity index (χ4v) is 1.13. The lowest BCUT2D eigenvalue weighted by Crippen LogP contribution is -1.98. The van der Waals surface area contributed by atoms with Crippen molar-refractivity contribution in [2.75, 3.05) is 6.54 Å². The van der Waals surface area contributed by atoms with E-state index in [-0.39, 0.29) is 0 Å². The van der Waals surface area contributed by atoms with Gasteiger partial charge in [0.1, 0.15) is 0 Å². The zero-order valence-electron chi connectivity index (χ0n) is 8.40. The van der Waals surface area contributed by atoms with Gasteiger partial charge in [0.15, 0.2) is 0 Å². The van der Waals surface area contributed by atoms with Crippen molar-refractivity contribution in [2.24, 2.45) is 5.73 Å². The summed E-state index contributed by atoms with van der Waals surface area (Å²) in [6.07, 6.45) is 6.82. The largest absolute Gasteiger partial charge is 0.330 e. The fraction of sp³-hybridized carbons (Fsp3) is 0.636. The normalized spacial score (nSPS) is 11.8. The molecule has 0 spiro atoms. The van der Waals surface area contributed by atoms with E-state index in [1.807, 2.05) is 0 Å². The van der Waals surface area contributed by atoms with Crippen LogP contribution in [0.4, 0.5) is 0 Å². The molecule has 0 aromatic rings. The Balaban J connectivity index is 3.72. The minimum Gasteiger partial charge on any atom is -0.330 e.